The standard InChI is InChI=1S/C27H27ClN2O5S/c1-33-24-13-16(14-25(34-2)27(24)35-3)26-19-8-6-7-18(19)20-15-17(11-12-22(20)29-26)36(31,32)30-23-10-5-4-9-21(23)28/h4-7,9-15,18-19,26,29-30H,8H2,1-3H3/t18-,19+,26+/m0/s1. The molecule has 3 atom stereocenters. The van der Waals surface area contributed by atoms with E-state index in [0.29, 0.717) is 28.0 Å². The van der Waals surface area contributed by atoms with E-state index in [1.54, 1.807) is 57.7 Å². The van der Waals surface area contributed by atoms with E-state index in [9.17, 15) is 8.42 Å². The van der Waals surface area contributed by atoms with Crippen LogP contribution in [0.25, 0.3) is 0 Å². The van der Waals surface area contributed by atoms with Crippen LogP contribution in [0.1, 0.15) is 29.5 Å². The Morgan fingerprint density at radius 3 is 2.36 bits per heavy atom. The average Bonchev–Trinajstić information content (AvgIpc) is 3.38. The van der Waals surface area contributed by atoms with Crippen molar-refractivity contribution in [2.24, 2.45) is 5.92 Å². The molecule has 1 aliphatic carbocycles. The van der Waals surface area contributed by atoms with Crippen molar-refractivity contribution in [3.8, 4) is 17.2 Å². The number of hydrogen-bond acceptors (Lipinski definition) is 6. The maximum atomic E-state index is 13.2. The van der Waals surface area contributed by atoms with Crippen LogP contribution in [0.3, 0.4) is 0 Å². The SMILES string of the molecule is COc1cc([C@H]2Nc3ccc(S(=O)(=O)Nc4ccccc4Cl)cc3[C@H]3C=CC[C@H]32)cc(OC)c1OC. The van der Waals surface area contributed by atoms with Gasteiger partial charge in [0.15, 0.2) is 11.5 Å². The Balaban J connectivity index is 1.51. The van der Waals surface area contributed by atoms with Crippen molar-refractivity contribution in [1.29, 1.82) is 0 Å². The van der Waals surface area contributed by atoms with Crippen LogP contribution >= 0.6 is 11.6 Å². The highest BCUT2D eigenvalue weighted by molar-refractivity contribution is 7.92. The number of benzene rings is 3. The fourth-order valence-corrected chi connectivity index (χ4v) is 6.45. The molecule has 0 unspecified atom stereocenters. The normalized spacial score (nSPS) is 20.2. The number of rotatable bonds is 7. The van der Waals surface area contributed by atoms with E-state index < -0.39 is 10.0 Å². The van der Waals surface area contributed by atoms with Gasteiger partial charge in [-0.3, -0.25) is 4.72 Å². The maximum absolute atomic E-state index is 13.2. The molecule has 3 aromatic rings. The van der Waals surface area contributed by atoms with Gasteiger partial charge in [0.05, 0.1) is 43.0 Å². The predicted octanol–water partition coefficient (Wildman–Crippen LogP) is 5.99. The van der Waals surface area contributed by atoms with E-state index in [2.05, 4.69) is 22.2 Å². The van der Waals surface area contributed by atoms with Crippen molar-refractivity contribution in [1.82, 2.24) is 0 Å². The Morgan fingerprint density at radius 1 is 0.972 bits per heavy atom. The minimum atomic E-state index is -3.82. The first-order chi connectivity index (χ1) is 17.4. The third kappa shape index (κ3) is 4.24. The quantitative estimate of drug-likeness (QED) is 0.368. The molecular formula is C27H27ClN2O5S. The first kappa shape index (κ1) is 24.3. The van der Waals surface area contributed by atoms with Crippen molar-refractivity contribution in [2.75, 3.05) is 31.4 Å². The number of nitrogens with one attached hydrogen (secondary N) is 2. The van der Waals surface area contributed by atoms with Gasteiger partial charge in [-0.25, -0.2) is 8.42 Å². The molecule has 7 nitrogen and oxygen atoms in total. The first-order valence-electron chi connectivity index (χ1n) is 11.5. The van der Waals surface area contributed by atoms with Crippen LogP contribution in [-0.4, -0.2) is 29.7 Å². The molecule has 188 valence electrons. The minimum Gasteiger partial charge on any atom is -0.493 e. The summed E-state index contributed by atoms with van der Waals surface area (Å²) in [5.41, 5.74) is 3.18. The summed E-state index contributed by atoms with van der Waals surface area (Å²) in [5.74, 6) is 1.97. The Kier molecular flexibility index (Phi) is 6.49. The van der Waals surface area contributed by atoms with E-state index in [1.807, 2.05) is 18.2 Å². The molecule has 0 bridgehead atoms. The van der Waals surface area contributed by atoms with Gasteiger partial charge in [-0.05, 0) is 65.9 Å². The molecule has 0 spiro atoms. The largest absolute Gasteiger partial charge is 0.493 e. The highest BCUT2D eigenvalue weighted by Gasteiger charge is 2.39. The molecular weight excluding hydrogens is 500 g/mol. The molecule has 9 heteroatoms. The van der Waals surface area contributed by atoms with Crippen LogP contribution in [0, 0.1) is 5.92 Å². The highest BCUT2D eigenvalue weighted by atomic mass is 35.5. The summed E-state index contributed by atoms with van der Waals surface area (Å²) in [4.78, 5) is 0.188. The van der Waals surface area contributed by atoms with E-state index in [4.69, 9.17) is 25.8 Å². The van der Waals surface area contributed by atoms with Gasteiger partial charge in [0.25, 0.3) is 10.0 Å². The van der Waals surface area contributed by atoms with E-state index in [-0.39, 0.29) is 22.8 Å². The van der Waals surface area contributed by atoms with E-state index in [1.165, 1.54) is 0 Å². The molecule has 5 rings (SSSR count). The topological polar surface area (TPSA) is 85.9 Å². The second-order valence-corrected chi connectivity index (χ2v) is 10.9. The van der Waals surface area contributed by atoms with Crippen molar-refractivity contribution in [3.63, 3.8) is 0 Å². The van der Waals surface area contributed by atoms with Gasteiger partial charge in [-0.15, -0.1) is 0 Å². The number of para-hydroxylation sites is 1. The molecule has 3 aromatic carbocycles. The molecule has 1 aliphatic heterocycles. The number of halogens is 1. The molecule has 0 radical (unpaired) electrons. The molecule has 0 aromatic heterocycles. The zero-order valence-corrected chi connectivity index (χ0v) is 21.7. The lowest BCUT2D eigenvalue weighted by atomic mass is 9.77. The number of ether oxygens (including phenoxy) is 3. The first-order valence-corrected chi connectivity index (χ1v) is 13.4. The molecule has 0 amide bonds. The Hall–Kier alpha value is -3.36. The second-order valence-electron chi connectivity index (χ2n) is 8.77. The third-order valence-corrected chi connectivity index (χ3v) is 8.50. The summed E-state index contributed by atoms with van der Waals surface area (Å²) >= 11 is 6.17. The number of methoxy groups -OCH3 is 3. The lowest BCUT2D eigenvalue weighted by molar-refractivity contribution is 0.322. The monoisotopic (exact) mass is 526 g/mol. The molecule has 1 heterocycles. The summed E-state index contributed by atoms with van der Waals surface area (Å²) < 4.78 is 45.6. The number of anilines is 2. The molecule has 36 heavy (non-hydrogen) atoms. The van der Waals surface area contributed by atoms with Crippen LogP contribution in [0.5, 0.6) is 17.2 Å². The zero-order chi connectivity index (χ0) is 25.4. The number of sulfonamides is 1. The number of allylic oxidation sites excluding steroid dienone is 2. The third-order valence-electron chi connectivity index (χ3n) is 6.81. The van der Waals surface area contributed by atoms with Gasteiger partial charge in [0.2, 0.25) is 5.75 Å². The molecule has 2 N–H and O–H groups in total. The van der Waals surface area contributed by atoms with Crippen molar-refractivity contribution in [2.45, 2.75) is 23.3 Å². The Morgan fingerprint density at radius 2 is 1.69 bits per heavy atom. The van der Waals surface area contributed by atoms with E-state index >= 15 is 0 Å². The zero-order valence-electron chi connectivity index (χ0n) is 20.1. The van der Waals surface area contributed by atoms with Gasteiger partial charge in [-0.2, -0.15) is 0 Å². The van der Waals surface area contributed by atoms with Crippen molar-refractivity contribution in [3.05, 3.63) is 82.9 Å². The van der Waals surface area contributed by atoms with Crippen LogP contribution < -0.4 is 24.2 Å². The van der Waals surface area contributed by atoms with Crippen molar-refractivity contribution >= 4 is 33.0 Å². The van der Waals surface area contributed by atoms with Crippen LogP contribution in [0.15, 0.2) is 71.6 Å². The average molecular weight is 527 g/mol. The van der Waals surface area contributed by atoms with E-state index in [0.717, 1.165) is 23.2 Å². The molecule has 0 saturated carbocycles. The number of hydrogen-bond donors (Lipinski definition) is 2. The van der Waals surface area contributed by atoms with Crippen LogP contribution in [-0.2, 0) is 10.0 Å². The maximum Gasteiger partial charge on any atom is 0.261 e. The fourth-order valence-electron chi connectivity index (χ4n) is 5.10. The minimum absolute atomic E-state index is 0.0325. The predicted molar refractivity (Wildman–Crippen MR) is 141 cm³/mol. The van der Waals surface area contributed by atoms with Crippen LogP contribution in [0.4, 0.5) is 11.4 Å². The van der Waals surface area contributed by atoms with Gasteiger partial charge in [0, 0.05) is 11.6 Å². The van der Waals surface area contributed by atoms with Crippen LogP contribution in [0.2, 0.25) is 5.02 Å². The summed E-state index contributed by atoms with van der Waals surface area (Å²) in [6.45, 7) is 0. The van der Waals surface area contributed by atoms with Gasteiger partial charge >= 0.3 is 0 Å². The lowest BCUT2D eigenvalue weighted by Gasteiger charge is -2.38. The molecule has 0 saturated heterocycles. The fraction of sp³-hybridized carbons (Fsp3) is 0.259. The van der Waals surface area contributed by atoms with Gasteiger partial charge in [0.1, 0.15) is 0 Å². The smallest absolute Gasteiger partial charge is 0.261 e. The van der Waals surface area contributed by atoms with Gasteiger partial charge in [-0.1, -0.05) is 35.9 Å². The summed E-state index contributed by atoms with van der Waals surface area (Å²) in [5, 5.41) is 3.97. The molecule has 0 fully saturated rings. The molecule has 2 aliphatic rings. The Labute approximate surface area is 216 Å². The van der Waals surface area contributed by atoms with Crippen molar-refractivity contribution < 1.29 is 22.6 Å². The Bertz CT molecular complexity index is 1410. The highest BCUT2D eigenvalue weighted by Crippen LogP contribution is 2.52. The second kappa shape index (κ2) is 9.59. The summed E-state index contributed by atoms with van der Waals surface area (Å²) in [7, 11) is 0.960. The lowest BCUT2D eigenvalue weighted by Crippen LogP contribution is -2.29. The summed E-state index contributed by atoms with van der Waals surface area (Å²) in [6.07, 6.45) is 5.17. The van der Waals surface area contributed by atoms with Gasteiger partial charge < -0.3 is 19.5 Å². The summed E-state index contributed by atoms with van der Waals surface area (Å²) in [6, 6.07) is 15.8. The number of fused-ring (bicyclic) bond motifs is 3.